The van der Waals surface area contributed by atoms with E-state index in [0.29, 0.717) is 6.54 Å². The lowest BCUT2D eigenvalue weighted by molar-refractivity contribution is -0.118. The molecule has 0 aliphatic carbocycles. The van der Waals surface area contributed by atoms with E-state index in [1.165, 1.54) is 0 Å². The van der Waals surface area contributed by atoms with Crippen LogP contribution < -0.4 is 11.1 Å². The molecule has 3 N–H and O–H groups in total. The Balaban J connectivity index is 1.76. The molecule has 1 fully saturated rings. The number of carbonyl (C=O) groups excluding carboxylic acids is 1. The Morgan fingerprint density at radius 3 is 2.83 bits per heavy atom. The summed E-state index contributed by atoms with van der Waals surface area (Å²) in [6.45, 7) is 5.80. The maximum atomic E-state index is 11.1. The summed E-state index contributed by atoms with van der Waals surface area (Å²) in [6, 6.07) is 7.73. The van der Waals surface area contributed by atoms with Crippen molar-refractivity contribution in [3.63, 3.8) is 0 Å². The molecule has 0 bridgehead atoms. The molecule has 1 unspecified atom stereocenters. The Bertz CT molecular complexity index is 748. The molecular weight excluding hydrogens is 304 g/mol. The highest BCUT2D eigenvalue weighted by Crippen LogP contribution is 2.26. The van der Waals surface area contributed by atoms with Crippen molar-refractivity contribution in [3.8, 4) is 0 Å². The first kappa shape index (κ1) is 16.3. The minimum Gasteiger partial charge on any atom is -0.369 e. The van der Waals surface area contributed by atoms with Crippen LogP contribution in [0, 0.1) is 13.8 Å². The molecule has 1 atom stereocenters. The van der Waals surface area contributed by atoms with E-state index in [2.05, 4.69) is 20.3 Å². The Morgan fingerprint density at radius 1 is 1.25 bits per heavy atom. The third-order valence-corrected chi connectivity index (χ3v) is 4.03. The quantitative estimate of drug-likeness (QED) is 0.864. The van der Waals surface area contributed by atoms with Crippen LogP contribution in [-0.2, 0) is 4.79 Å². The van der Waals surface area contributed by atoms with Crippen molar-refractivity contribution in [1.29, 1.82) is 0 Å². The molecule has 1 amide bonds. The van der Waals surface area contributed by atoms with Gasteiger partial charge in [0.15, 0.2) is 0 Å². The third-order valence-electron chi connectivity index (χ3n) is 4.03. The van der Waals surface area contributed by atoms with Gasteiger partial charge >= 0.3 is 0 Å². The number of pyridine rings is 1. The molecule has 1 saturated heterocycles. The molecule has 0 spiro atoms. The highest BCUT2D eigenvalue weighted by atomic mass is 16.1. The molecule has 7 nitrogen and oxygen atoms in total. The predicted molar refractivity (Wildman–Crippen MR) is 92.0 cm³/mol. The number of hydrogen-bond donors (Lipinski definition) is 2. The number of rotatable bonds is 5. The fraction of sp³-hybridized carbons (Fsp3) is 0.412. The molecule has 1 aliphatic rings. The molecule has 0 saturated carbocycles. The maximum absolute atomic E-state index is 11.1. The SMILES string of the molecule is Cc1cccc(Nc2cc(C)nc(C3CCN(CC(N)=O)C3)n2)n1. The lowest BCUT2D eigenvalue weighted by Crippen LogP contribution is -2.32. The van der Waals surface area contributed by atoms with Gasteiger partial charge in [-0.1, -0.05) is 6.07 Å². The second-order valence-corrected chi connectivity index (χ2v) is 6.23. The molecule has 24 heavy (non-hydrogen) atoms. The second kappa shape index (κ2) is 6.92. The van der Waals surface area contributed by atoms with Crippen molar-refractivity contribution in [1.82, 2.24) is 19.9 Å². The largest absolute Gasteiger partial charge is 0.369 e. The first-order valence-electron chi connectivity index (χ1n) is 8.06. The summed E-state index contributed by atoms with van der Waals surface area (Å²) in [5.41, 5.74) is 7.13. The van der Waals surface area contributed by atoms with E-state index in [1.54, 1.807) is 0 Å². The molecule has 7 heteroatoms. The van der Waals surface area contributed by atoms with Crippen LogP contribution in [0.4, 0.5) is 11.6 Å². The van der Waals surface area contributed by atoms with Gasteiger partial charge in [-0.2, -0.15) is 0 Å². The number of nitrogens with zero attached hydrogens (tertiary/aromatic N) is 4. The maximum Gasteiger partial charge on any atom is 0.231 e. The van der Waals surface area contributed by atoms with Crippen LogP contribution in [0.5, 0.6) is 0 Å². The molecule has 0 radical (unpaired) electrons. The average molecular weight is 326 g/mol. The zero-order chi connectivity index (χ0) is 17.1. The van der Waals surface area contributed by atoms with Crippen LogP contribution in [0.1, 0.15) is 29.6 Å². The van der Waals surface area contributed by atoms with E-state index in [-0.39, 0.29) is 11.8 Å². The first-order valence-corrected chi connectivity index (χ1v) is 8.06. The van der Waals surface area contributed by atoms with Gasteiger partial charge in [0, 0.05) is 29.9 Å². The van der Waals surface area contributed by atoms with E-state index < -0.39 is 0 Å². The molecular formula is C17H22N6O. The summed E-state index contributed by atoms with van der Waals surface area (Å²) in [5.74, 6) is 2.23. The zero-order valence-electron chi connectivity index (χ0n) is 14.0. The van der Waals surface area contributed by atoms with Gasteiger partial charge in [0.1, 0.15) is 17.5 Å². The monoisotopic (exact) mass is 326 g/mol. The lowest BCUT2D eigenvalue weighted by Gasteiger charge is -2.14. The van der Waals surface area contributed by atoms with Crippen molar-refractivity contribution in [3.05, 3.63) is 41.5 Å². The average Bonchev–Trinajstić information content (AvgIpc) is 2.94. The van der Waals surface area contributed by atoms with Crippen LogP contribution in [0.2, 0.25) is 0 Å². The summed E-state index contributed by atoms with van der Waals surface area (Å²) < 4.78 is 0. The van der Waals surface area contributed by atoms with Crippen LogP contribution in [0.3, 0.4) is 0 Å². The van der Waals surface area contributed by atoms with Gasteiger partial charge in [-0.3, -0.25) is 9.69 Å². The number of primary amides is 1. The summed E-state index contributed by atoms with van der Waals surface area (Å²) in [5, 5.41) is 3.24. The van der Waals surface area contributed by atoms with E-state index in [0.717, 1.165) is 48.4 Å². The standard InChI is InChI=1S/C17H22N6O/c1-11-4-3-5-15(19-11)21-16-8-12(2)20-17(22-16)13-6-7-23(9-13)10-14(18)24/h3-5,8,13H,6-7,9-10H2,1-2H3,(H2,18,24)(H,19,20,21,22). The summed E-state index contributed by atoms with van der Waals surface area (Å²) in [7, 11) is 0. The number of nitrogens with two attached hydrogens (primary N) is 1. The molecule has 3 heterocycles. The van der Waals surface area contributed by atoms with E-state index in [4.69, 9.17) is 5.73 Å². The first-order chi connectivity index (χ1) is 11.5. The van der Waals surface area contributed by atoms with Crippen LogP contribution in [0.25, 0.3) is 0 Å². The molecule has 2 aromatic heterocycles. The Hall–Kier alpha value is -2.54. The Kier molecular flexibility index (Phi) is 4.71. The molecule has 126 valence electrons. The van der Waals surface area contributed by atoms with Crippen molar-refractivity contribution in [2.45, 2.75) is 26.2 Å². The Morgan fingerprint density at radius 2 is 2.08 bits per heavy atom. The second-order valence-electron chi connectivity index (χ2n) is 6.23. The van der Waals surface area contributed by atoms with Gasteiger partial charge < -0.3 is 11.1 Å². The van der Waals surface area contributed by atoms with E-state index in [9.17, 15) is 4.79 Å². The fourth-order valence-corrected chi connectivity index (χ4v) is 2.99. The number of carbonyl (C=O) groups is 1. The number of hydrogen-bond acceptors (Lipinski definition) is 6. The predicted octanol–water partition coefficient (Wildman–Crippen LogP) is 1.51. The smallest absolute Gasteiger partial charge is 0.231 e. The summed E-state index contributed by atoms with van der Waals surface area (Å²) >= 11 is 0. The number of aromatic nitrogens is 3. The topological polar surface area (TPSA) is 97.0 Å². The van der Waals surface area contributed by atoms with Gasteiger partial charge in [-0.15, -0.1) is 0 Å². The number of nitrogens with one attached hydrogen (secondary N) is 1. The summed E-state index contributed by atoms with van der Waals surface area (Å²) in [4.78, 5) is 26.8. The van der Waals surface area contributed by atoms with Gasteiger partial charge in [0.05, 0.1) is 6.54 Å². The van der Waals surface area contributed by atoms with Crippen molar-refractivity contribution in [2.24, 2.45) is 5.73 Å². The normalized spacial score (nSPS) is 17.8. The highest BCUT2D eigenvalue weighted by molar-refractivity contribution is 5.75. The van der Waals surface area contributed by atoms with Crippen molar-refractivity contribution >= 4 is 17.5 Å². The minimum atomic E-state index is -0.298. The van der Waals surface area contributed by atoms with Gasteiger partial charge in [-0.05, 0) is 38.9 Å². The highest BCUT2D eigenvalue weighted by Gasteiger charge is 2.27. The number of amides is 1. The molecule has 2 aromatic rings. The van der Waals surface area contributed by atoms with Crippen LogP contribution in [0.15, 0.2) is 24.3 Å². The molecule has 1 aliphatic heterocycles. The van der Waals surface area contributed by atoms with Gasteiger partial charge in [0.2, 0.25) is 5.91 Å². The minimum absolute atomic E-state index is 0.218. The zero-order valence-corrected chi connectivity index (χ0v) is 14.0. The number of likely N-dealkylation sites (tertiary alicyclic amines) is 1. The lowest BCUT2D eigenvalue weighted by atomic mass is 10.1. The summed E-state index contributed by atoms with van der Waals surface area (Å²) in [6.07, 6.45) is 0.929. The van der Waals surface area contributed by atoms with Crippen molar-refractivity contribution in [2.75, 3.05) is 25.0 Å². The van der Waals surface area contributed by atoms with E-state index >= 15 is 0 Å². The number of anilines is 2. The van der Waals surface area contributed by atoms with Crippen molar-refractivity contribution < 1.29 is 4.79 Å². The van der Waals surface area contributed by atoms with Gasteiger partial charge in [0.25, 0.3) is 0 Å². The molecule has 0 aromatic carbocycles. The third kappa shape index (κ3) is 4.05. The fourth-order valence-electron chi connectivity index (χ4n) is 2.99. The molecule has 3 rings (SSSR count). The van der Waals surface area contributed by atoms with Crippen LogP contribution >= 0.6 is 0 Å². The van der Waals surface area contributed by atoms with Gasteiger partial charge in [-0.25, -0.2) is 15.0 Å². The number of aryl methyl sites for hydroxylation is 2. The van der Waals surface area contributed by atoms with Crippen LogP contribution in [-0.4, -0.2) is 45.4 Å². The Labute approximate surface area is 141 Å². The van der Waals surface area contributed by atoms with E-state index in [1.807, 2.05) is 43.0 Å².